The van der Waals surface area contributed by atoms with Crippen molar-refractivity contribution in [2.24, 2.45) is 5.73 Å². The van der Waals surface area contributed by atoms with E-state index in [1.54, 1.807) is 0 Å². The van der Waals surface area contributed by atoms with Crippen LogP contribution in [0.25, 0.3) is 0 Å². The predicted molar refractivity (Wildman–Crippen MR) is 59.3 cm³/mol. The number of nitrogens with two attached hydrogens (primary N) is 1. The second-order valence-corrected chi connectivity index (χ2v) is 3.77. The first kappa shape index (κ1) is 10.3. The van der Waals surface area contributed by atoms with Crippen molar-refractivity contribution >= 4 is 0 Å². The first-order chi connectivity index (χ1) is 7.31. The number of benzene rings is 1. The molecule has 0 saturated carbocycles. The van der Waals surface area contributed by atoms with E-state index in [1.807, 2.05) is 18.2 Å². The number of rotatable bonds is 2. The van der Waals surface area contributed by atoms with E-state index in [0.29, 0.717) is 0 Å². The van der Waals surface area contributed by atoms with Crippen molar-refractivity contribution in [2.75, 3.05) is 13.2 Å². The van der Waals surface area contributed by atoms with Gasteiger partial charge in [-0.3, -0.25) is 0 Å². The molecule has 1 aliphatic heterocycles. The highest BCUT2D eigenvalue weighted by Gasteiger charge is 2.12. The topological polar surface area (TPSA) is 44.5 Å². The number of ether oxygens (including phenoxy) is 2. The van der Waals surface area contributed by atoms with Crippen LogP contribution in [0.15, 0.2) is 18.2 Å². The third-order valence-electron chi connectivity index (χ3n) is 2.64. The van der Waals surface area contributed by atoms with Gasteiger partial charge in [0, 0.05) is 12.5 Å². The summed E-state index contributed by atoms with van der Waals surface area (Å²) < 4.78 is 11.2. The average Bonchev–Trinajstić information content (AvgIpc) is 2.51. The maximum atomic E-state index is 5.97. The quantitative estimate of drug-likeness (QED) is 0.809. The van der Waals surface area contributed by atoms with Crippen molar-refractivity contribution < 1.29 is 9.47 Å². The highest BCUT2D eigenvalue weighted by Crippen LogP contribution is 2.32. The zero-order valence-corrected chi connectivity index (χ0v) is 9.03. The van der Waals surface area contributed by atoms with Crippen molar-refractivity contribution in [3.63, 3.8) is 0 Å². The normalized spacial score (nSPS) is 16.9. The lowest BCUT2D eigenvalue weighted by atomic mass is 10.1. The second kappa shape index (κ2) is 4.53. The van der Waals surface area contributed by atoms with Crippen molar-refractivity contribution in [3.8, 4) is 11.5 Å². The molecule has 2 N–H and O–H groups in total. The average molecular weight is 207 g/mol. The van der Waals surface area contributed by atoms with Crippen LogP contribution in [0.1, 0.15) is 31.4 Å². The molecule has 0 radical (unpaired) electrons. The molecule has 0 bridgehead atoms. The zero-order chi connectivity index (χ0) is 10.7. The summed E-state index contributed by atoms with van der Waals surface area (Å²) in [6.45, 7) is 3.53. The van der Waals surface area contributed by atoms with Gasteiger partial charge in [0.2, 0.25) is 0 Å². The fraction of sp³-hybridized carbons (Fsp3) is 0.500. The third kappa shape index (κ3) is 2.23. The monoisotopic (exact) mass is 207 g/mol. The van der Waals surface area contributed by atoms with Gasteiger partial charge in [-0.1, -0.05) is 13.0 Å². The summed E-state index contributed by atoms with van der Waals surface area (Å²) in [6, 6.07) is 6.05. The Morgan fingerprint density at radius 2 is 2.00 bits per heavy atom. The molecule has 3 nitrogen and oxygen atoms in total. The van der Waals surface area contributed by atoms with Crippen LogP contribution in [0.3, 0.4) is 0 Å². The Balaban J connectivity index is 2.27. The maximum absolute atomic E-state index is 5.97. The van der Waals surface area contributed by atoms with Gasteiger partial charge in [0.15, 0.2) is 11.5 Å². The zero-order valence-electron chi connectivity index (χ0n) is 9.03. The van der Waals surface area contributed by atoms with Crippen molar-refractivity contribution in [2.45, 2.75) is 25.8 Å². The molecule has 2 rings (SSSR count). The summed E-state index contributed by atoms with van der Waals surface area (Å²) in [7, 11) is 0. The molecular formula is C12H17NO2. The van der Waals surface area contributed by atoms with Crippen LogP contribution in [0, 0.1) is 0 Å². The summed E-state index contributed by atoms with van der Waals surface area (Å²) in [4.78, 5) is 0. The molecule has 0 spiro atoms. The van der Waals surface area contributed by atoms with Crippen LogP contribution < -0.4 is 15.2 Å². The molecule has 15 heavy (non-hydrogen) atoms. The van der Waals surface area contributed by atoms with E-state index in [-0.39, 0.29) is 6.04 Å². The van der Waals surface area contributed by atoms with Crippen molar-refractivity contribution in [1.82, 2.24) is 0 Å². The Labute approximate surface area is 90.2 Å². The van der Waals surface area contributed by atoms with Crippen molar-refractivity contribution in [1.29, 1.82) is 0 Å². The fourth-order valence-corrected chi connectivity index (χ4v) is 1.65. The molecule has 0 amide bonds. The van der Waals surface area contributed by atoms with Crippen LogP contribution in [0.2, 0.25) is 0 Å². The second-order valence-electron chi connectivity index (χ2n) is 3.77. The van der Waals surface area contributed by atoms with Gasteiger partial charge < -0.3 is 15.2 Å². The minimum absolute atomic E-state index is 0.0853. The summed E-state index contributed by atoms with van der Waals surface area (Å²) in [5, 5.41) is 0. The SMILES string of the molecule is CC[C@@H](N)c1ccc2c(c1)OCCCO2. The van der Waals surface area contributed by atoms with Crippen LogP contribution in [-0.2, 0) is 0 Å². The van der Waals surface area contributed by atoms with Gasteiger partial charge in [-0.2, -0.15) is 0 Å². The van der Waals surface area contributed by atoms with Gasteiger partial charge in [0.1, 0.15) is 0 Å². The highest BCUT2D eigenvalue weighted by molar-refractivity contribution is 5.44. The van der Waals surface area contributed by atoms with Crippen LogP contribution in [-0.4, -0.2) is 13.2 Å². The Bertz CT molecular complexity index is 338. The largest absolute Gasteiger partial charge is 0.490 e. The van der Waals surface area contributed by atoms with Crippen LogP contribution in [0.4, 0.5) is 0 Å². The van der Waals surface area contributed by atoms with Gasteiger partial charge in [0.05, 0.1) is 13.2 Å². The minimum atomic E-state index is 0.0853. The van der Waals surface area contributed by atoms with Crippen LogP contribution >= 0.6 is 0 Å². The standard InChI is InChI=1S/C12H17NO2/c1-2-10(13)9-4-5-11-12(8-9)15-7-3-6-14-11/h4-5,8,10H,2-3,6-7,13H2,1H3/t10-/m1/s1. The van der Waals surface area contributed by atoms with Crippen LogP contribution in [0.5, 0.6) is 11.5 Å². The summed E-state index contributed by atoms with van der Waals surface area (Å²) in [6.07, 6.45) is 1.86. The molecule has 1 aromatic carbocycles. The minimum Gasteiger partial charge on any atom is -0.490 e. The molecule has 0 saturated heterocycles. The number of hydrogen-bond donors (Lipinski definition) is 1. The molecule has 0 aliphatic carbocycles. The summed E-state index contributed by atoms with van der Waals surface area (Å²) >= 11 is 0. The van der Waals surface area contributed by atoms with Gasteiger partial charge in [-0.15, -0.1) is 0 Å². The molecule has 0 aromatic heterocycles. The van der Waals surface area contributed by atoms with E-state index in [0.717, 1.165) is 43.1 Å². The number of hydrogen-bond acceptors (Lipinski definition) is 3. The molecule has 82 valence electrons. The summed E-state index contributed by atoms with van der Waals surface area (Å²) in [5.41, 5.74) is 7.08. The first-order valence-electron chi connectivity index (χ1n) is 5.46. The molecular weight excluding hydrogens is 190 g/mol. The lowest BCUT2D eigenvalue weighted by Gasteiger charge is -2.12. The fourth-order valence-electron chi connectivity index (χ4n) is 1.65. The van der Waals surface area contributed by atoms with E-state index in [4.69, 9.17) is 15.2 Å². The third-order valence-corrected chi connectivity index (χ3v) is 2.64. The first-order valence-corrected chi connectivity index (χ1v) is 5.46. The molecule has 0 fully saturated rings. The Kier molecular flexibility index (Phi) is 3.11. The molecule has 3 heteroatoms. The van der Waals surface area contributed by atoms with E-state index in [2.05, 4.69) is 6.92 Å². The molecule has 1 aromatic rings. The Hall–Kier alpha value is -1.22. The Morgan fingerprint density at radius 1 is 1.27 bits per heavy atom. The van der Waals surface area contributed by atoms with E-state index < -0.39 is 0 Å². The van der Waals surface area contributed by atoms with Gasteiger partial charge in [0.25, 0.3) is 0 Å². The molecule has 0 unspecified atom stereocenters. The molecule has 1 atom stereocenters. The van der Waals surface area contributed by atoms with E-state index >= 15 is 0 Å². The number of fused-ring (bicyclic) bond motifs is 1. The molecule has 1 heterocycles. The lowest BCUT2D eigenvalue weighted by molar-refractivity contribution is 0.297. The van der Waals surface area contributed by atoms with Gasteiger partial charge >= 0.3 is 0 Å². The highest BCUT2D eigenvalue weighted by atomic mass is 16.5. The lowest BCUT2D eigenvalue weighted by Crippen LogP contribution is -2.08. The van der Waals surface area contributed by atoms with Gasteiger partial charge in [-0.25, -0.2) is 0 Å². The summed E-state index contributed by atoms with van der Waals surface area (Å²) in [5.74, 6) is 1.66. The predicted octanol–water partition coefficient (Wildman–Crippen LogP) is 2.26. The Morgan fingerprint density at radius 3 is 2.73 bits per heavy atom. The molecule has 1 aliphatic rings. The smallest absolute Gasteiger partial charge is 0.161 e. The van der Waals surface area contributed by atoms with E-state index in [1.165, 1.54) is 0 Å². The maximum Gasteiger partial charge on any atom is 0.161 e. The van der Waals surface area contributed by atoms with Gasteiger partial charge in [-0.05, 0) is 24.1 Å². The van der Waals surface area contributed by atoms with E-state index in [9.17, 15) is 0 Å². The van der Waals surface area contributed by atoms with Crippen molar-refractivity contribution in [3.05, 3.63) is 23.8 Å².